The van der Waals surface area contributed by atoms with Crippen LogP contribution in [0.4, 0.5) is 0 Å². The largest absolute Gasteiger partial charge is 0.357 e. The van der Waals surface area contributed by atoms with Crippen LogP contribution >= 0.6 is 24.0 Å². The zero-order chi connectivity index (χ0) is 15.5. The average molecular weight is 437 g/mol. The predicted octanol–water partition coefficient (Wildman–Crippen LogP) is 2.17. The molecule has 0 bridgehead atoms. The molecule has 2 N–H and O–H groups in total. The molecule has 0 spiro atoms. The summed E-state index contributed by atoms with van der Waals surface area (Å²) in [4.78, 5) is 4.88. The van der Waals surface area contributed by atoms with Gasteiger partial charge in [0.2, 0.25) is 0 Å². The van der Waals surface area contributed by atoms with E-state index in [0.717, 1.165) is 18.1 Å². The van der Waals surface area contributed by atoms with Gasteiger partial charge in [0.05, 0.1) is 11.4 Å². The van der Waals surface area contributed by atoms with Crippen LogP contribution in [0, 0.1) is 5.92 Å². The van der Waals surface area contributed by atoms with Crippen molar-refractivity contribution in [2.75, 3.05) is 12.8 Å². The maximum Gasteiger partial charge on any atom is 0.191 e. The number of hydrogen-bond donors (Lipinski definition) is 2. The van der Waals surface area contributed by atoms with E-state index in [9.17, 15) is 8.42 Å². The van der Waals surface area contributed by atoms with Crippen LogP contribution in [-0.2, 0) is 16.4 Å². The summed E-state index contributed by atoms with van der Waals surface area (Å²) < 4.78 is 22.8. The molecule has 0 amide bonds. The number of benzene rings is 1. The molecular weight excluding hydrogens is 413 g/mol. The van der Waals surface area contributed by atoms with E-state index in [0.29, 0.717) is 23.4 Å². The van der Waals surface area contributed by atoms with Crippen LogP contribution in [-0.4, -0.2) is 33.2 Å². The van der Waals surface area contributed by atoms with Gasteiger partial charge in [-0.3, -0.25) is 0 Å². The Morgan fingerprint density at radius 3 is 2.36 bits per heavy atom. The molecule has 0 aromatic heterocycles. The molecule has 2 atom stereocenters. The molecule has 22 heavy (non-hydrogen) atoms. The average Bonchev–Trinajstić information content (AvgIpc) is 3.11. The van der Waals surface area contributed by atoms with Crippen molar-refractivity contribution in [3.8, 4) is 0 Å². The normalized spacial score (nSPS) is 21.0. The fraction of sp³-hybridized carbons (Fsp3) is 0.533. The Balaban J connectivity index is 0.00000242. The van der Waals surface area contributed by atoms with Crippen molar-refractivity contribution in [1.29, 1.82) is 0 Å². The van der Waals surface area contributed by atoms with E-state index in [2.05, 4.69) is 22.5 Å². The van der Waals surface area contributed by atoms with Crippen LogP contribution in [0.2, 0.25) is 0 Å². The first kappa shape index (κ1) is 19.2. The van der Waals surface area contributed by atoms with E-state index >= 15 is 0 Å². The minimum absolute atomic E-state index is 0. The van der Waals surface area contributed by atoms with Gasteiger partial charge in [-0.2, -0.15) is 0 Å². The fourth-order valence-electron chi connectivity index (χ4n) is 2.03. The van der Waals surface area contributed by atoms with Crippen LogP contribution in [0.3, 0.4) is 0 Å². The van der Waals surface area contributed by atoms with E-state index in [1.54, 1.807) is 12.1 Å². The Kier molecular flexibility index (Phi) is 7.11. The lowest BCUT2D eigenvalue weighted by molar-refractivity contribution is 0.602. The maximum atomic E-state index is 11.4. The Hall–Kier alpha value is -0.830. The van der Waals surface area contributed by atoms with Gasteiger partial charge in [-0.15, -0.1) is 24.0 Å². The minimum Gasteiger partial charge on any atom is -0.357 e. The van der Waals surface area contributed by atoms with Crippen molar-refractivity contribution < 1.29 is 8.42 Å². The summed E-state index contributed by atoms with van der Waals surface area (Å²) in [5.74, 6) is 1.53. The van der Waals surface area contributed by atoms with Crippen molar-refractivity contribution in [1.82, 2.24) is 10.6 Å². The highest BCUT2D eigenvalue weighted by molar-refractivity contribution is 14.0. The Bertz CT molecular complexity index is 614. The number of sulfone groups is 1. The van der Waals surface area contributed by atoms with Crippen LogP contribution in [0.25, 0.3) is 0 Å². The first-order valence-corrected chi connectivity index (χ1v) is 9.13. The molecule has 0 heterocycles. The number of guanidine groups is 1. The lowest BCUT2D eigenvalue weighted by atomic mass is 10.2. The van der Waals surface area contributed by atoms with Gasteiger partial charge in [0, 0.05) is 18.8 Å². The third-order valence-electron chi connectivity index (χ3n) is 3.55. The van der Waals surface area contributed by atoms with Gasteiger partial charge in [0.15, 0.2) is 15.8 Å². The third-order valence-corrected chi connectivity index (χ3v) is 4.68. The van der Waals surface area contributed by atoms with Crippen molar-refractivity contribution in [3.05, 3.63) is 29.8 Å². The maximum absolute atomic E-state index is 11.4. The second kappa shape index (κ2) is 8.14. The van der Waals surface area contributed by atoms with Crippen molar-refractivity contribution in [2.24, 2.45) is 10.9 Å². The summed E-state index contributed by atoms with van der Waals surface area (Å²) in [7, 11) is -3.13. The number of nitrogens with one attached hydrogen (secondary N) is 2. The monoisotopic (exact) mass is 437 g/mol. The first-order chi connectivity index (χ1) is 9.90. The highest BCUT2D eigenvalue weighted by atomic mass is 127. The zero-order valence-electron chi connectivity index (χ0n) is 13.2. The smallest absolute Gasteiger partial charge is 0.191 e. The summed E-state index contributed by atoms with van der Waals surface area (Å²) >= 11 is 0. The molecule has 0 saturated heterocycles. The van der Waals surface area contributed by atoms with Crippen LogP contribution in [0.15, 0.2) is 34.2 Å². The molecule has 1 aromatic carbocycles. The van der Waals surface area contributed by atoms with Gasteiger partial charge < -0.3 is 10.6 Å². The van der Waals surface area contributed by atoms with E-state index in [1.807, 2.05) is 19.1 Å². The van der Waals surface area contributed by atoms with Gasteiger partial charge in [0.1, 0.15) is 0 Å². The Morgan fingerprint density at radius 2 is 1.91 bits per heavy atom. The van der Waals surface area contributed by atoms with Gasteiger partial charge in [0.25, 0.3) is 0 Å². The summed E-state index contributed by atoms with van der Waals surface area (Å²) in [5.41, 5.74) is 0.989. The molecule has 124 valence electrons. The number of nitrogens with zero attached hydrogens (tertiary/aromatic N) is 1. The molecule has 2 unspecified atom stereocenters. The molecule has 5 nitrogen and oxygen atoms in total. The first-order valence-electron chi connectivity index (χ1n) is 7.24. The quantitative estimate of drug-likeness (QED) is 0.421. The Labute approximate surface area is 149 Å². The number of hydrogen-bond acceptors (Lipinski definition) is 3. The lowest BCUT2D eigenvalue weighted by Crippen LogP contribution is -2.39. The number of aliphatic imine (C=N–C) groups is 1. The van der Waals surface area contributed by atoms with E-state index in [-0.39, 0.29) is 24.0 Å². The molecule has 7 heteroatoms. The van der Waals surface area contributed by atoms with E-state index in [1.165, 1.54) is 12.7 Å². The lowest BCUT2D eigenvalue weighted by Gasteiger charge is -2.10. The van der Waals surface area contributed by atoms with Gasteiger partial charge in [-0.1, -0.05) is 19.1 Å². The van der Waals surface area contributed by atoms with Gasteiger partial charge in [-0.25, -0.2) is 13.4 Å². The highest BCUT2D eigenvalue weighted by Gasteiger charge is 2.33. The second-order valence-electron chi connectivity index (χ2n) is 5.58. The van der Waals surface area contributed by atoms with Crippen LogP contribution < -0.4 is 10.6 Å². The van der Waals surface area contributed by atoms with Crippen LogP contribution in [0.1, 0.15) is 25.8 Å². The van der Waals surface area contributed by atoms with Gasteiger partial charge in [-0.05, 0) is 37.0 Å². The predicted molar refractivity (Wildman–Crippen MR) is 100 cm³/mol. The molecule has 0 radical (unpaired) electrons. The van der Waals surface area contributed by atoms with Gasteiger partial charge >= 0.3 is 0 Å². The second-order valence-corrected chi connectivity index (χ2v) is 7.59. The molecule has 2 rings (SSSR count). The fourth-order valence-corrected chi connectivity index (χ4v) is 2.66. The van der Waals surface area contributed by atoms with Crippen molar-refractivity contribution >= 4 is 39.8 Å². The SMILES string of the molecule is CCNC(=NCc1ccc(S(C)(=O)=O)cc1)NC1CC1C.I. The van der Waals surface area contributed by atoms with Crippen molar-refractivity contribution in [2.45, 2.75) is 37.8 Å². The molecule has 1 aromatic rings. The molecular formula is C15H24IN3O2S. The molecule has 1 aliphatic carbocycles. The summed E-state index contributed by atoms with van der Waals surface area (Å²) in [5, 5.41) is 6.61. The molecule has 1 aliphatic rings. The standard InChI is InChI=1S/C15H23N3O2S.HI/c1-4-16-15(18-14-9-11(14)2)17-10-12-5-7-13(8-6-12)21(3,19)20;/h5-8,11,14H,4,9-10H2,1-3H3,(H2,16,17,18);1H. The summed E-state index contributed by atoms with van der Waals surface area (Å²) in [6.45, 7) is 5.60. The number of rotatable bonds is 5. The minimum atomic E-state index is -3.13. The highest BCUT2D eigenvalue weighted by Crippen LogP contribution is 2.28. The zero-order valence-corrected chi connectivity index (χ0v) is 16.3. The Morgan fingerprint density at radius 1 is 1.32 bits per heavy atom. The van der Waals surface area contributed by atoms with Crippen molar-refractivity contribution in [3.63, 3.8) is 0 Å². The third kappa shape index (κ3) is 5.75. The van der Waals surface area contributed by atoms with E-state index in [4.69, 9.17) is 0 Å². The molecule has 0 aliphatic heterocycles. The summed E-state index contributed by atoms with van der Waals surface area (Å²) in [6.07, 6.45) is 2.40. The topological polar surface area (TPSA) is 70.6 Å². The molecule has 1 fully saturated rings. The summed E-state index contributed by atoms with van der Waals surface area (Å²) in [6, 6.07) is 7.40. The van der Waals surface area contributed by atoms with E-state index < -0.39 is 9.84 Å². The van der Waals surface area contributed by atoms with Crippen LogP contribution in [0.5, 0.6) is 0 Å². The molecule has 1 saturated carbocycles. The number of halogens is 1.